The van der Waals surface area contributed by atoms with E-state index < -0.39 is 0 Å². The van der Waals surface area contributed by atoms with E-state index >= 15 is 0 Å². The molecule has 0 bridgehead atoms. The van der Waals surface area contributed by atoms with Crippen LogP contribution in [0.2, 0.25) is 0 Å². The Hall–Kier alpha value is -0.660. The van der Waals surface area contributed by atoms with Crippen molar-refractivity contribution in [3.8, 4) is 0 Å². The van der Waals surface area contributed by atoms with Crippen molar-refractivity contribution in [3.63, 3.8) is 0 Å². The van der Waals surface area contributed by atoms with Gasteiger partial charge in [-0.1, -0.05) is 0 Å². The topological polar surface area (TPSA) is 32.7 Å². The van der Waals surface area contributed by atoms with E-state index in [0.29, 0.717) is 5.92 Å². The Labute approximate surface area is 79.8 Å². The first-order valence-electron chi connectivity index (χ1n) is 4.84. The number of aliphatic imine (C=N–C) groups is 1. The third-order valence-electron chi connectivity index (χ3n) is 3.05. The number of hydrogen-bond acceptors (Lipinski definition) is 3. The Balaban J connectivity index is 2.57. The first kappa shape index (κ1) is 10.4. The molecule has 0 unspecified atom stereocenters. The van der Waals surface area contributed by atoms with Crippen LogP contribution in [0, 0.1) is 5.92 Å². The Morgan fingerprint density at radius 2 is 1.92 bits per heavy atom. The number of carbonyl (C=O) groups excluding carboxylic acids is 1. The molecule has 0 amide bonds. The molecule has 1 aliphatic heterocycles. The van der Waals surface area contributed by atoms with Gasteiger partial charge in [0.05, 0.1) is 5.54 Å². The molecule has 3 heteroatoms. The second kappa shape index (κ2) is 4.03. The van der Waals surface area contributed by atoms with E-state index in [1.165, 1.54) is 0 Å². The van der Waals surface area contributed by atoms with Gasteiger partial charge in [0.15, 0.2) is 0 Å². The Bertz CT molecular complexity index is 211. The van der Waals surface area contributed by atoms with Crippen LogP contribution in [0.15, 0.2) is 4.99 Å². The molecule has 0 saturated carbocycles. The van der Waals surface area contributed by atoms with E-state index in [0.717, 1.165) is 25.9 Å². The largest absolute Gasteiger partial charge is 0.306 e. The molecule has 1 aliphatic rings. The van der Waals surface area contributed by atoms with Crippen molar-refractivity contribution in [2.24, 2.45) is 10.9 Å². The number of likely N-dealkylation sites (tertiary alicyclic amines) is 1. The second-order valence-electron chi connectivity index (χ2n) is 4.43. The minimum absolute atomic E-state index is 0.219. The molecule has 0 atom stereocenters. The number of hydrogen-bond donors (Lipinski definition) is 0. The molecule has 1 rings (SSSR count). The molecule has 0 aromatic heterocycles. The summed E-state index contributed by atoms with van der Waals surface area (Å²) in [7, 11) is 2.13. The zero-order chi connectivity index (χ0) is 9.90. The van der Waals surface area contributed by atoms with E-state index in [4.69, 9.17) is 0 Å². The summed E-state index contributed by atoms with van der Waals surface area (Å²) in [5.41, 5.74) is -0.219. The summed E-state index contributed by atoms with van der Waals surface area (Å²) in [6, 6.07) is 0. The van der Waals surface area contributed by atoms with Gasteiger partial charge in [-0.25, -0.2) is 4.79 Å². The fourth-order valence-electron chi connectivity index (χ4n) is 1.92. The van der Waals surface area contributed by atoms with Crippen LogP contribution in [0.4, 0.5) is 0 Å². The maximum Gasteiger partial charge on any atom is 0.235 e. The minimum Gasteiger partial charge on any atom is -0.306 e. The van der Waals surface area contributed by atoms with Crippen molar-refractivity contribution in [2.45, 2.75) is 32.2 Å². The summed E-state index contributed by atoms with van der Waals surface area (Å²) in [5, 5.41) is 0. The van der Waals surface area contributed by atoms with Crippen molar-refractivity contribution >= 4 is 6.08 Å². The highest BCUT2D eigenvalue weighted by Crippen LogP contribution is 2.30. The van der Waals surface area contributed by atoms with Gasteiger partial charge in [-0.3, -0.25) is 0 Å². The lowest BCUT2D eigenvalue weighted by Crippen LogP contribution is -2.39. The minimum atomic E-state index is -0.219. The zero-order valence-corrected chi connectivity index (χ0v) is 8.71. The van der Waals surface area contributed by atoms with Gasteiger partial charge in [0, 0.05) is 0 Å². The molecule has 0 radical (unpaired) electrons. The Kier molecular flexibility index (Phi) is 3.23. The van der Waals surface area contributed by atoms with E-state index in [1.54, 1.807) is 6.08 Å². The quantitative estimate of drug-likeness (QED) is 0.478. The maximum atomic E-state index is 10.2. The van der Waals surface area contributed by atoms with E-state index in [9.17, 15) is 4.79 Å². The molecule has 0 aromatic rings. The predicted molar refractivity (Wildman–Crippen MR) is 52.4 cm³/mol. The zero-order valence-electron chi connectivity index (χ0n) is 8.71. The van der Waals surface area contributed by atoms with Gasteiger partial charge < -0.3 is 4.90 Å². The van der Waals surface area contributed by atoms with Crippen LogP contribution in [-0.2, 0) is 4.79 Å². The van der Waals surface area contributed by atoms with E-state index in [1.807, 2.05) is 13.8 Å². The first-order chi connectivity index (χ1) is 6.06. The van der Waals surface area contributed by atoms with Crippen molar-refractivity contribution in [2.75, 3.05) is 20.1 Å². The molecule has 0 N–H and O–H groups in total. The van der Waals surface area contributed by atoms with Gasteiger partial charge in [0.2, 0.25) is 6.08 Å². The monoisotopic (exact) mass is 182 g/mol. The molecule has 0 aliphatic carbocycles. The number of isocyanates is 1. The van der Waals surface area contributed by atoms with Crippen LogP contribution in [0.3, 0.4) is 0 Å². The van der Waals surface area contributed by atoms with Gasteiger partial charge in [-0.05, 0) is 52.7 Å². The summed E-state index contributed by atoms with van der Waals surface area (Å²) < 4.78 is 0. The maximum absolute atomic E-state index is 10.2. The fraction of sp³-hybridized carbons (Fsp3) is 0.900. The Morgan fingerprint density at radius 1 is 1.38 bits per heavy atom. The third kappa shape index (κ3) is 2.64. The predicted octanol–water partition coefficient (Wildman–Crippen LogP) is 1.44. The lowest BCUT2D eigenvalue weighted by Gasteiger charge is -2.36. The van der Waals surface area contributed by atoms with Gasteiger partial charge in [-0.15, -0.1) is 0 Å². The van der Waals surface area contributed by atoms with Crippen molar-refractivity contribution in [3.05, 3.63) is 0 Å². The first-order valence-corrected chi connectivity index (χ1v) is 4.84. The summed E-state index contributed by atoms with van der Waals surface area (Å²) in [5.74, 6) is 0.533. The standard InChI is InChI=1S/C10H18N2O/c1-10(2,11-8-13)9-4-6-12(3)7-5-9/h9H,4-7H2,1-3H3. The van der Waals surface area contributed by atoms with Crippen molar-refractivity contribution in [1.29, 1.82) is 0 Å². The lowest BCUT2D eigenvalue weighted by atomic mass is 9.81. The number of piperidine rings is 1. The highest BCUT2D eigenvalue weighted by Gasteiger charge is 2.31. The van der Waals surface area contributed by atoms with Gasteiger partial charge in [0.1, 0.15) is 0 Å². The molecule has 0 aromatic carbocycles. The van der Waals surface area contributed by atoms with Crippen LogP contribution in [0.25, 0.3) is 0 Å². The van der Waals surface area contributed by atoms with Crippen LogP contribution >= 0.6 is 0 Å². The summed E-state index contributed by atoms with van der Waals surface area (Å²) >= 11 is 0. The van der Waals surface area contributed by atoms with Crippen LogP contribution in [0.5, 0.6) is 0 Å². The molecular formula is C10H18N2O. The van der Waals surface area contributed by atoms with Crippen LogP contribution in [0.1, 0.15) is 26.7 Å². The normalized spacial score (nSPS) is 21.2. The average molecular weight is 182 g/mol. The molecular weight excluding hydrogens is 164 g/mol. The van der Waals surface area contributed by atoms with Gasteiger partial charge in [0.25, 0.3) is 0 Å². The summed E-state index contributed by atoms with van der Waals surface area (Å²) in [4.78, 5) is 16.4. The summed E-state index contributed by atoms with van der Waals surface area (Å²) in [6.45, 7) is 6.27. The van der Waals surface area contributed by atoms with E-state index in [2.05, 4.69) is 16.9 Å². The molecule has 1 saturated heterocycles. The Morgan fingerprint density at radius 3 is 2.38 bits per heavy atom. The average Bonchev–Trinajstić information content (AvgIpc) is 2.05. The van der Waals surface area contributed by atoms with Crippen LogP contribution in [-0.4, -0.2) is 36.7 Å². The molecule has 1 fully saturated rings. The molecule has 3 nitrogen and oxygen atoms in total. The third-order valence-corrected chi connectivity index (χ3v) is 3.05. The molecule has 1 heterocycles. The number of nitrogens with zero attached hydrogens (tertiary/aromatic N) is 2. The molecule has 74 valence electrons. The highest BCUT2D eigenvalue weighted by atomic mass is 16.1. The smallest absolute Gasteiger partial charge is 0.235 e. The molecule has 13 heavy (non-hydrogen) atoms. The van der Waals surface area contributed by atoms with Crippen molar-refractivity contribution < 1.29 is 4.79 Å². The fourth-order valence-corrected chi connectivity index (χ4v) is 1.92. The van der Waals surface area contributed by atoms with Gasteiger partial charge >= 0.3 is 0 Å². The van der Waals surface area contributed by atoms with Gasteiger partial charge in [-0.2, -0.15) is 4.99 Å². The van der Waals surface area contributed by atoms with Crippen molar-refractivity contribution in [1.82, 2.24) is 4.90 Å². The highest BCUT2D eigenvalue weighted by molar-refractivity contribution is 5.34. The second-order valence-corrected chi connectivity index (χ2v) is 4.43. The SMILES string of the molecule is CN1CCC(C(C)(C)N=C=O)CC1. The van der Waals surface area contributed by atoms with Crippen LogP contribution < -0.4 is 0 Å². The summed E-state index contributed by atoms with van der Waals surface area (Å²) in [6.07, 6.45) is 3.95. The lowest BCUT2D eigenvalue weighted by molar-refractivity contribution is 0.167. The van der Waals surface area contributed by atoms with E-state index in [-0.39, 0.29) is 5.54 Å². The number of rotatable bonds is 2. The molecule has 0 spiro atoms.